The van der Waals surface area contributed by atoms with Crippen LogP contribution in [-0.2, 0) is 11.2 Å². The minimum absolute atomic E-state index is 0.0456. The normalized spacial score (nSPS) is 19.1. The summed E-state index contributed by atoms with van der Waals surface area (Å²) >= 11 is 1.67. The lowest BCUT2D eigenvalue weighted by Crippen LogP contribution is -2.13. The van der Waals surface area contributed by atoms with Crippen molar-refractivity contribution in [2.75, 3.05) is 0 Å². The van der Waals surface area contributed by atoms with Crippen LogP contribution in [0.5, 0.6) is 0 Å². The van der Waals surface area contributed by atoms with E-state index < -0.39 is 0 Å². The van der Waals surface area contributed by atoms with Gasteiger partial charge in [0.2, 0.25) is 0 Å². The summed E-state index contributed by atoms with van der Waals surface area (Å²) in [6, 6.07) is 4.04. The highest BCUT2D eigenvalue weighted by Crippen LogP contribution is 2.46. The van der Waals surface area contributed by atoms with Crippen molar-refractivity contribution in [3.63, 3.8) is 0 Å². The molecule has 1 aliphatic rings. The molecule has 0 radical (unpaired) electrons. The van der Waals surface area contributed by atoms with Crippen LogP contribution in [0.1, 0.15) is 24.6 Å². The molecule has 12 heavy (non-hydrogen) atoms. The Balaban J connectivity index is 2.00. The van der Waals surface area contributed by atoms with Gasteiger partial charge in [-0.1, -0.05) is 13.0 Å². The van der Waals surface area contributed by atoms with Crippen molar-refractivity contribution in [3.8, 4) is 0 Å². The first kappa shape index (κ1) is 7.99. The Morgan fingerprint density at radius 3 is 2.92 bits per heavy atom. The van der Waals surface area contributed by atoms with Gasteiger partial charge in [-0.3, -0.25) is 4.79 Å². The van der Waals surface area contributed by atoms with Crippen LogP contribution in [0.4, 0.5) is 0 Å². The fourth-order valence-electron chi connectivity index (χ4n) is 1.25. The summed E-state index contributed by atoms with van der Waals surface area (Å²) in [6.45, 7) is 2.07. The Hall–Kier alpha value is -0.630. The number of carbonyl (C=O) groups is 1. The summed E-state index contributed by atoms with van der Waals surface area (Å²) in [5.41, 5.74) is 0.0456. The number of thiophene rings is 1. The highest BCUT2D eigenvalue weighted by Gasteiger charge is 2.43. The maximum atomic E-state index is 11.6. The zero-order chi connectivity index (χ0) is 8.60. The summed E-state index contributed by atoms with van der Waals surface area (Å²) in [5, 5.41) is 2.03. The van der Waals surface area contributed by atoms with Gasteiger partial charge in [0, 0.05) is 16.7 Å². The fraction of sp³-hybridized carbons (Fsp3) is 0.500. The molecule has 0 amide bonds. The molecular weight excluding hydrogens is 168 g/mol. The molecule has 1 fully saturated rings. The van der Waals surface area contributed by atoms with E-state index in [1.165, 1.54) is 4.88 Å². The molecule has 1 heterocycles. The van der Waals surface area contributed by atoms with E-state index in [9.17, 15) is 4.79 Å². The molecule has 1 nitrogen and oxygen atoms in total. The van der Waals surface area contributed by atoms with Gasteiger partial charge >= 0.3 is 0 Å². The lowest BCUT2D eigenvalue weighted by Gasteiger charge is -2.04. The third-order valence-electron chi connectivity index (χ3n) is 2.59. The average molecular weight is 180 g/mol. The van der Waals surface area contributed by atoms with Gasteiger partial charge in [0.05, 0.1) is 0 Å². The summed E-state index contributed by atoms with van der Waals surface area (Å²) in [5.74, 6) is 0.421. The molecule has 0 saturated heterocycles. The second kappa shape index (κ2) is 2.70. The summed E-state index contributed by atoms with van der Waals surface area (Å²) in [4.78, 5) is 12.8. The fourth-order valence-corrected chi connectivity index (χ4v) is 1.95. The van der Waals surface area contributed by atoms with Gasteiger partial charge in [-0.2, -0.15) is 0 Å². The molecule has 0 atom stereocenters. The van der Waals surface area contributed by atoms with Crippen LogP contribution in [0.3, 0.4) is 0 Å². The predicted octanol–water partition coefficient (Wildman–Crippen LogP) is 2.66. The third-order valence-corrected chi connectivity index (χ3v) is 3.46. The molecule has 1 aromatic rings. The van der Waals surface area contributed by atoms with Crippen molar-refractivity contribution in [2.45, 2.75) is 26.2 Å². The van der Waals surface area contributed by atoms with E-state index in [2.05, 4.69) is 6.92 Å². The van der Waals surface area contributed by atoms with E-state index in [1.54, 1.807) is 11.3 Å². The van der Waals surface area contributed by atoms with E-state index in [4.69, 9.17) is 0 Å². The SMILES string of the molecule is CC1(C(=O)Cc2cccs2)CC1. The number of hydrogen-bond donors (Lipinski definition) is 0. The molecule has 64 valence electrons. The van der Waals surface area contributed by atoms with Crippen LogP contribution in [-0.4, -0.2) is 5.78 Å². The van der Waals surface area contributed by atoms with Gasteiger partial charge in [-0.15, -0.1) is 11.3 Å². The van der Waals surface area contributed by atoms with Crippen LogP contribution in [0.25, 0.3) is 0 Å². The van der Waals surface area contributed by atoms with Gasteiger partial charge in [-0.05, 0) is 24.3 Å². The number of Topliss-reactive ketones (excluding diaryl/α,β-unsaturated/α-hetero) is 1. The Labute approximate surface area is 76.4 Å². The monoisotopic (exact) mass is 180 g/mol. The van der Waals surface area contributed by atoms with Crippen LogP contribution < -0.4 is 0 Å². The minimum atomic E-state index is 0.0456. The van der Waals surface area contributed by atoms with E-state index in [1.807, 2.05) is 17.5 Å². The van der Waals surface area contributed by atoms with Crippen LogP contribution in [0.2, 0.25) is 0 Å². The quantitative estimate of drug-likeness (QED) is 0.699. The molecule has 1 aromatic heterocycles. The van der Waals surface area contributed by atoms with E-state index >= 15 is 0 Å². The molecule has 0 aliphatic heterocycles. The van der Waals surface area contributed by atoms with Gasteiger partial charge in [0.1, 0.15) is 5.78 Å². The molecule has 0 bridgehead atoms. The predicted molar refractivity (Wildman–Crippen MR) is 50.4 cm³/mol. The maximum Gasteiger partial charge on any atom is 0.143 e. The third kappa shape index (κ3) is 1.44. The van der Waals surface area contributed by atoms with Crippen LogP contribution in [0, 0.1) is 5.41 Å². The van der Waals surface area contributed by atoms with E-state index in [0.29, 0.717) is 12.2 Å². The Bertz CT molecular complexity index is 283. The topological polar surface area (TPSA) is 17.1 Å². The molecule has 1 saturated carbocycles. The molecule has 0 aromatic carbocycles. The summed E-state index contributed by atoms with van der Waals surface area (Å²) < 4.78 is 0. The standard InChI is InChI=1S/C10H12OS/c1-10(4-5-10)9(11)7-8-3-2-6-12-8/h2-3,6H,4-5,7H2,1H3. The number of hydrogen-bond acceptors (Lipinski definition) is 2. The van der Waals surface area contributed by atoms with Gasteiger partial charge in [0.25, 0.3) is 0 Å². The molecule has 2 rings (SSSR count). The molecule has 1 aliphatic carbocycles. The largest absolute Gasteiger partial charge is 0.299 e. The van der Waals surface area contributed by atoms with Crippen molar-refractivity contribution in [3.05, 3.63) is 22.4 Å². The number of ketones is 1. The lowest BCUT2D eigenvalue weighted by molar-refractivity contribution is -0.122. The van der Waals surface area contributed by atoms with Crippen molar-refractivity contribution in [1.82, 2.24) is 0 Å². The average Bonchev–Trinajstić information content (AvgIpc) is 2.63. The summed E-state index contributed by atoms with van der Waals surface area (Å²) in [7, 11) is 0. The van der Waals surface area contributed by atoms with Crippen molar-refractivity contribution in [1.29, 1.82) is 0 Å². The van der Waals surface area contributed by atoms with Crippen LogP contribution >= 0.6 is 11.3 Å². The number of carbonyl (C=O) groups excluding carboxylic acids is 1. The van der Waals surface area contributed by atoms with Crippen molar-refractivity contribution in [2.24, 2.45) is 5.41 Å². The maximum absolute atomic E-state index is 11.6. The molecule has 0 N–H and O–H groups in total. The van der Waals surface area contributed by atoms with Crippen LogP contribution in [0.15, 0.2) is 17.5 Å². The first-order valence-corrected chi connectivity index (χ1v) is 5.14. The first-order chi connectivity index (χ1) is 5.71. The van der Waals surface area contributed by atoms with Gasteiger partial charge < -0.3 is 0 Å². The van der Waals surface area contributed by atoms with E-state index in [-0.39, 0.29) is 5.41 Å². The number of rotatable bonds is 3. The Kier molecular flexibility index (Phi) is 1.80. The molecule has 2 heteroatoms. The zero-order valence-corrected chi connectivity index (χ0v) is 7.99. The van der Waals surface area contributed by atoms with Crippen molar-refractivity contribution < 1.29 is 4.79 Å². The highest BCUT2D eigenvalue weighted by atomic mass is 32.1. The second-order valence-corrected chi connectivity index (χ2v) is 4.77. The summed E-state index contributed by atoms with van der Waals surface area (Å²) in [6.07, 6.45) is 2.84. The highest BCUT2D eigenvalue weighted by molar-refractivity contribution is 7.10. The second-order valence-electron chi connectivity index (χ2n) is 3.74. The molecule has 0 spiro atoms. The van der Waals surface area contributed by atoms with E-state index in [0.717, 1.165) is 12.8 Å². The van der Waals surface area contributed by atoms with Gasteiger partial charge in [0.15, 0.2) is 0 Å². The smallest absolute Gasteiger partial charge is 0.143 e. The first-order valence-electron chi connectivity index (χ1n) is 4.26. The molecular formula is C10H12OS. The minimum Gasteiger partial charge on any atom is -0.299 e. The molecule has 0 unspecified atom stereocenters. The lowest BCUT2D eigenvalue weighted by atomic mass is 10.0. The van der Waals surface area contributed by atoms with Crippen molar-refractivity contribution >= 4 is 17.1 Å². The van der Waals surface area contributed by atoms with Gasteiger partial charge in [-0.25, -0.2) is 0 Å². The zero-order valence-electron chi connectivity index (χ0n) is 7.17. The Morgan fingerprint density at radius 1 is 1.67 bits per heavy atom. The Morgan fingerprint density at radius 2 is 2.42 bits per heavy atom.